The molecule has 0 amide bonds. The van der Waals surface area contributed by atoms with Crippen LogP contribution in [0.25, 0.3) is 0 Å². The normalized spacial score (nSPS) is 27.3. The molecule has 3 heterocycles. The molecule has 0 spiro atoms. The molecule has 4 N–H and O–H groups in total. The molecule has 3 aliphatic heterocycles. The van der Waals surface area contributed by atoms with Crippen LogP contribution in [0.2, 0.25) is 0 Å². The monoisotopic (exact) mass is 565 g/mol. The van der Waals surface area contributed by atoms with Gasteiger partial charge in [-0.1, -0.05) is 0 Å². The van der Waals surface area contributed by atoms with Gasteiger partial charge in [0.1, 0.15) is 0 Å². The van der Waals surface area contributed by atoms with E-state index in [4.69, 9.17) is 28.4 Å². The van der Waals surface area contributed by atoms with Crippen molar-refractivity contribution in [2.24, 2.45) is 0 Å². The molecule has 0 saturated carbocycles. The van der Waals surface area contributed by atoms with E-state index in [2.05, 4.69) is 9.80 Å². The van der Waals surface area contributed by atoms with Gasteiger partial charge in [0, 0.05) is 39.3 Å². The summed E-state index contributed by atoms with van der Waals surface area (Å²) >= 11 is 0. The second-order valence-electron chi connectivity index (χ2n) is 6.36. The van der Waals surface area contributed by atoms with Gasteiger partial charge in [0.05, 0.1) is 79.3 Å². The first-order valence-electron chi connectivity index (χ1n) is 9.86. The Morgan fingerprint density at radius 1 is 0.310 bits per heavy atom. The van der Waals surface area contributed by atoms with Gasteiger partial charge in [-0.25, -0.2) is 0 Å². The van der Waals surface area contributed by atoms with Crippen LogP contribution >= 0.6 is 0 Å². The van der Waals surface area contributed by atoms with Gasteiger partial charge in [-0.3, -0.25) is 9.80 Å². The summed E-state index contributed by atoms with van der Waals surface area (Å²) in [7, 11) is 0. The number of hydrogen-bond donors (Lipinski definition) is 0. The second kappa shape index (κ2) is 23.8. The van der Waals surface area contributed by atoms with Crippen molar-refractivity contribution in [1.82, 2.24) is 9.80 Å². The van der Waals surface area contributed by atoms with Crippen LogP contribution in [0.3, 0.4) is 0 Å². The van der Waals surface area contributed by atoms with Crippen molar-refractivity contribution >= 4 is 0 Å². The SMILES string of the molecule is C1COCCN2CCOCCOCCN(CCO1)CCOCCOCC2.O.O.[Eu+2]. The summed E-state index contributed by atoms with van der Waals surface area (Å²) in [6.45, 7) is 13.2. The molecule has 0 aromatic rings. The third-order valence-electron chi connectivity index (χ3n) is 4.43. The van der Waals surface area contributed by atoms with E-state index in [9.17, 15) is 0 Å². The van der Waals surface area contributed by atoms with Crippen molar-refractivity contribution in [2.45, 2.75) is 0 Å². The van der Waals surface area contributed by atoms with Crippen molar-refractivity contribution in [2.75, 3.05) is 119 Å². The molecule has 1 radical (unpaired) electrons. The fourth-order valence-corrected chi connectivity index (χ4v) is 2.80. The Balaban J connectivity index is 0. The Hall–Kier alpha value is 1.18. The Morgan fingerprint density at radius 2 is 0.483 bits per heavy atom. The van der Waals surface area contributed by atoms with Crippen LogP contribution in [0.15, 0.2) is 0 Å². The molecular formula is C18H40EuN2O8+2. The molecule has 3 fully saturated rings. The Kier molecular flexibility index (Phi) is 26.6. The van der Waals surface area contributed by atoms with Gasteiger partial charge < -0.3 is 39.4 Å². The first kappa shape index (κ1) is 32.4. The molecule has 3 aliphatic rings. The van der Waals surface area contributed by atoms with Crippen LogP contribution in [0.1, 0.15) is 0 Å². The zero-order chi connectivity index (χ0) is 18.1. The van der Waals surface area contributed by atoms with Gasteiger partial charge in [0.2, 0.25) is 0 Å². The Labute approximate surface area is 215 Å². The van der Waals surface area contributed by atoms with E-state index in [0.29, 0.717) is 79.3 Å². The van der Waals surface area contributed by atoms with Gasteiger partial charge >= 0.3 is 49.4 Å². The molecule has 2 bridgehead atoms. The molecule has 0 aromatic heterocycles. The molecular weight excluding hydrogens is 524 g/mol. The minimum atomic E-state index is 0. The Bertz CT molecular complexity index is 257. The van der Waals surface area contributed by atoms with Gasteiger partial charge in [0.25, 0.3) is 0 Å². The number of rotatable bonds is 0. The van der Waals surface area contributed by atoms with Gasteiger partial charge in [0.15, 0.2) is 0 Å². The molecule has 11 heteroatoms. The van der Waals surface area contributed by atoms with E-state index in [-0.39, 0.29) is 60.3 Å². The maximum absolute atomic E-state index is 5.70. The summed E-state index contributed by atoms with van der Waals surface area (Å²) in [5.74, 6) is 0. The first-order valence-corrected chi connectivity index (χ1v) is 9.86. The van der Waals surface area contributed by atoms with Crippen molar-refractivity contribution in [3.8, 4) is 0 Å². The molecule has 0 aliphatic carbocycles. The maximum atomic E-state index is 5.70. The van der Waals surface area contributed by atoms with Gasteiger partial charge in [-0.15, -0.1) is 0 Å². The summed E-state index contributed by atoms with van der Waals surface area (Å²) in [5.41, 5.74) is 0. The molecule has 3 saturated heterocycles. The smallest absolute Gasteiger partial charge is 0.412 e. The van der Waals surface area contributed by atoms with E-state index in [1.54, 1.807) is 0 Å². The van der Waals surface area contributed by atoms with Crippen LogP contribution in [-0.2, 0) is 28.4 Å². The third-order valence-corrected chi connectivity index (χ3v) is 4.43. The largest absolute Gasteiger partial charge is 2.00 e. The number of hydrogen-bond acceptors (Lipinski definition) is 8. The van der Waals surface area contributed by atoms with Crippen molar-refractivity contribution in [3.05, 3.63) is 0 Å². The summed E-state index contributed by atoms with van der Waals surface area (Å²) in [6, 6.07) is 0. The molecule has 0 aromatic carbocycles. The van der Waals surface area contributed by atoms with Crippen molar-refractivity contribution in [3.63, 3.8) is 0 Å². The van der Waals surface area contributed by atoms with E-state index in [1.165, 1.54) is 0 Å². The molecule has 3 rings (SSSR count). The third kappa shape index (κ3) is 18.5. The van der Waals surface area contributed by atoms with E-state index in [1.807, 2.05) is 0 Å². The second-order valence-corrected chi connectivity index (χ2v) is 6.36. The first-order chi connectivity index (χ1) is 12.9. The molecule has 29 heavy (non-hydrogen) atoms. The summed E-state index contributed by atoms with van der Waals surface area (Å²) in [6.07, 6.45) is 0. The van der Waals surface area contributed by atoms with Crippen LogP contribution in [0, 0.1) is 49.4 Å². The summed E-state index contributed by atoms with van der Waals surface area (Å²) < 4.78 is 34.2. The van der Waals surface area contributed by atoms with Crippen LogP contribution in [0.4, 0.5) is 0 Å². The van der Waals surface area contributed by atoms with E-state index < -0.39 is 0 Å². The zero-order valence-electron chi connectivity index (χ0n) is 17.4. The molecule has 10 nitrogen and oxygen atoms in total. The predicted molar refractivity (Wildman–Crippen MR) is 105 cm³/mol. The predicted octanol–water partition coefficient (Wildman–Crippen LogP) is -1.93. The summed E-state index contributed by atoms with van der Waals surface area (Å²) in [5, 5.41) is 0. The van der Waals surface area contributed by atoms with E-state index in [0.717, 1.165) is 39.3 Å². The average molecular weight is 564 g/mol. The average Bonchev–Trinajstić information content (AvgIpc) is 2.65. The van der Waals surface area contributed by atoms with Gasteiger partial charge in [-0.2, -0.15) is 0 Å². The fraction of sp³-hybridized carbons (Fsp3) is 1.00. The zero-order valence-corrected chi connectivity index (χ0v) is 19.9. The van der Waals surface area contributed by atoms with E-state index >= 15 is 0 Å². The molecule has 175 valence electrons. The minimum absolute atomic E-state index is 0. The van der Waals surface area contributed by atoms with Crippen LogP contribution in [0.5, 0.6) is 0 Å². The molecule has 0 unspecified atom stereocenters. The fourth-order valence-electron chi connectivity index (χ4n) is 2.80. The number of ether oxygens (including phenoxy) is 6. The van der Waals surface area contributed by atoms with Gasteiger partial charge in [-0.05, 0) is 0 Å². The Morgan fingerprint density at radius 3 is 0.655 bits per heavy atom. The van der Waals surface area contributed by atoms with Crippen molar-refractivity contribution in [1.29, 1.82) is 0 Å². The summed E-state index contributed by atoms with van der Waals surface area (Å²) in [4.78, 5) is 4.62. The minimum Gasteiger partial charge on any atom is -0.412 e. The topological polar surface area (TPSA) is 125 Å². The maximum Gasteiger partial charge on any atom is 2.00 e. The number of fused-ring (bicyclic) bond motifs is 21. The molecule has 0 atom stereocenters. The van der Waals surface area contributed by atoms with Crippen LogP contribution < -0.4 is 0 Å². The quantitative estimate of drug-likeness (QED) is 0.333. The van der Waals surface area contributed by atoms with Crippen molar-refractivity contribution < 1.29 is 88.8 Å². The standard InChI is InChI=1S/C18H36N2O6.Eu.2H2O/c1-7-21-13-14-24-10-4-20-5-11-25-17-15-22-8-2-19(1)3-9-23-16-18-26-12-6-20;;;/h1-18H2;;2*1H2/q;+2;;. The van der Waals surface area contributed by atoms with Crippen LogP contribution in [-0.4, -0.2) is 139 Å². The number of nitrogens with zero attached hydrogens (tertiary/aromatic N) is 2.